The highest BCUT2D eigenvalue weighted by atomic mass is 16.5. The summed E-state index contributed by atoms with van der Waals surface area (Å²) in [7, 11) is 0. The van der Waals surface area contributed by atoms with E-state index in [2.05, 4.69) is 10.5 Å². The molecule has 4 N–H and O–H groups in total. The molecule has 0 amide bonds. The molecule has 5 heteroatoms. The van der Waals surface area contributed by atoms with Gasteiger partial charge in [0.1, 0.15) is 5.84 Å². The number of nitrogens with two attached hydrogens (primary N) is 1. The van der Waals surface area contributed by atoms with Gasteiger partial charge in [-0.2, -0.15) is 0 Å². The summed E-state index contributed by atoms with van der Waals surface area (Å²) in [6.07, 6.45) is 3.89. The lowest BCUT2D eigenvalue weighted by Gasteiger charge is -2.23. The van der Waals surface area contributed by atoms with Crippen molar-refractivity contribution in [3.8, 4) is 0 Å². The molecule has 1 aliphatic heterocycles. The largest absolute Gasteiger partial charge is 0.409 e. The van der Waals surface area contributed by atoms with E-state index in [1.165, 1.54) is 12.8 Å². The smallest absolute Gasteiger partial charge is 0.143 e. The van der Waals surface area contributed by atoms with Crippen LogP contribution in [0.25, 0.3) is 0 Å². The maximum atomic E-state index is 8.46. The summed E-state index contributed by atoms with van der Waals surface area (Å²) in [6.45, 7) is 4.37. The predicted octanol–water partition coefficient (Wildman–Crippen LogP) is 0.528. The van der Waals surface area contributed by atoms with Crippen LogP contribution >= 0.6 is 0 Å². The van der Waals surface area contributed by atoms with Crippen molar-refractivity contribution < 1.29 is 9.94 Å². The minimum absolute atomic E-state index is 0.0543. The quantitative estimate of drug-likeness (QED) is 0.270. The van der Waals surface area contributed by atoms with Crippen LogP contribution in [0.15, 0.2) is 5.16 Å². The molecule has 2 unspecified atom stereocenters. The molecule has 0 radical (unpaired) electrons. The average molecular weight is 215 g/mol. The third kappa shape index (κ3) is 4.48. The normalized spacial score (nSPS) is 25.1. The second kappa shape index (κ2) is 6.63. The molecular weight excluding hydrogens is 194 g/mol. The Labute approximate surface area is 90.7 Å². The van der Waals surface area contributed by atoms with Gasteiger partial charge in [0.2, 0.25) is 0 Å². The van der Waals surface area contributed by atoms with Crippen LogP contribution in [0.5, 0.6) is 0 Å². The number of oxime groups is 1. The Balaban J connectivity index is 2.09. The highest BCUT2D eigenvalue weighted by Crippen LogP contribution is 2.11. The van der Waals surface area contributed by atoms with Crippen LogP contribution in [0, 0.1) is 5.92 Å². The van der Waals surface area contributed by atoms with Gasteiger partial charge in [-0.05, 0) is 19.3 Å². The molecule has 15 heavy (non-hydrogen) atoms. The minimum atomic E-state index is 0.0543. The number of rotatable bonds is 5. The van der Waals surface area contributed by atoms with Crippen LogP contribution < -0.4 is 11.1 Å². The van der Waals surface area contributed by atoms with E-state index in [0.717, 1.165) is 26.1 Å². The predicted molar refractivity (Wildman–Crippen MR) is 59.0 cm³/mol. The van der Waals surface area contributed by atoms with E-state index in [1.807, 2.05) is 6.92 Å². The first-order chi connectivity index (χ1) is 7.24. The van der Waals surface area contributed by atoms with Crippen molar-refractivity contribution in [2.24, 2.45) is 16.8 Å². The zero-order chi connectivity index (χ0) is 11.1. The Bertz CT molecular complexity index is 203. The van der Waals surface area contributed by atoms with E-state index < -0.39 is 0 Å². The molecule has 0 aromatic rings. The van der Waals surface area contributed by atoms with E-state index in [0.29, 0.717) is 6.10 Å². The Morgan fingerprint density at radius 2 is 2.47 bits per heavy atom. The first-order valence-corrected chi connectivity index (χ1v) is 5.53. The molecule has 0 aromatic heterocycles. The molecular formula is C10H21N3O2. The Kier molecular flexibility index (Phi) is 5.42. The van der Waals surface area contributed by atoms with Crippen molar-refractivity contribution in [3.05, 3.63) is 0 Å². The molecule has 0 saturated carbocycles. The Hall–Kier alpha value is -0.810. The zero-order valence-corrected chi connectivity index (χ0v) is 9.28. The van der Waals surface area contributed by atoms with Gasteiger partial charge in [0.15, 0.2) is 0 Å². The molecule has 0 spiro atoms. The maximum absolute atomic E-state index is 8.46. The molecule has 0 bridgehead atoms. The highest BCUT2D eigenvalue weighted by Gasteiger charge is 2.14. The lowest BCUT2D eigenvalue weighted by atomic mass is 10.1. The van der Waals surface area contributed by atoms with Gasteiger partial charge in [0.05, 0.1) is 6.10 Å². The highest BCUT2D eigenvalue weighted by molar-refractivity contribution is 5.82. The van der Waals surface area contributed by atoms with Gasteiger partial charge in [-0.25, -0.2) is 0 Å². The van der Waals surface area contributed by atoms with E-state index >= 15 is 0 Å². The number of nitrogens with zero attached hydrogens (tertiary/aromatic N) is 1. The average Bonchev–Trinajstić information content (AvgIpc) is 2.29. The van der Waals surface area contributed by atoms with Crippen LogP contribution in [0.3, 0.4) is 0 Å². The standard InChI is InChI=1S/C10H21N3O2/c1-8(10(11)13-14)6-12-7-9-4-2-3-5-15-9/h8-9,12,14H,2-7H2,1H3,(H2,11,13). The number of nitrogens with one attached hydrogen (secondary N) is 1. The van der Waals surface area contributed by atoms with Crippen LogP contribution in [0.2, 0.25) is 0 Å². The van der Waals surface area contributed by atoms with Gasteiger partial charge in [-0.15, -0.1) is 0 Å². The lowest BCUT2D eigenvalue weighted by Crippen LogP contribution is -2.37. The van der Waals surface area contributed by atoms with Crippen molar-refractivity contribution in [2.75, 3.05) is 19.7 Å². The molecule has 0 aromatic carbocycles. The van der Waals surface area contributed by atoms with Crippen LogP contribution in [-0.2, 0) is 4.74 Å². The van der Waals surface area contributed by atoms with Gasteiger partial charge in [0.25, 0.3) is 0 Å². The van der Waals surface area contributed by atoms with Crippen molar-refractivity contribution in [1.82, 2.24) is 5.32 Å². The molecule has 88 valence electrons. The zero-order valence-electron chi connectivity index (χ0n) is 9.28. The third-order valence-electron chi connectivity index (χ3n) is 2.72. The van der Waals surface area contributed by atoms with Crippen LogP contribution in [-0.4, -0.2) is 36.8 Å². The fourth-order valence-corrected chi connectivity index (χ4v) is 1.63. The van der Waals surface area contributed by atoms with Gasteiger partial charge >= 0.3 is 0 Å². The maximum Gasteiger partial charge on any atom is 0.143 e. The monoisotopic (exact) mass is 215 g/mol. The molecule has 1 aliphatic rings. The molecule has 0 aliphatic carbocycles. The Morgan fingerprint density at radius 1 is 1.67 bits per heavy atom. The second-order valence-electron chi connectivity index (χ2n) is 4.07. The fourth-order valence-electron chi connectivity index (χ4n) is 1.63. The summed E-state index contributed by atoms with van der Waals surface area (Å²) < 4.78 is 5.57. The van der Waals surface area contributed by atoms with E-state index in [9.17, 15) is 0 Å². The summed E-state index contributed by atoms with van der Waals surface area (Å²) >= 11 is 0. The molecule has 1 rings (SSSR count). The summed E-state index contributed by atoms with van der Waals surface area (Å²) in [5.74, 6) is 0.325. The topological polar surface area (TPSA) is 79.9 Å². The second-order valence-corrected chi connectivity index (χ2v) is 4.07. The first-order valence-electron chi connectivity index (χ1n) is 5.53. The third-order valence-corrected chi connectivity index (χ3v) is 2.72. The molecule has 1 saturated heterocycles. The van der Waals surface area contributed by atoms with E-state index in [-0.39, 0.29) is 11.8 Å². The van der Waals surface area contributed by atoms with Crippen molar-refractivity contribution in [1.29, 1.82) is 0 Å². The molecule has 2 atom stereocenters. The van der Waals surface area contributed by atoms with E-state index in [1.54, 1.807) is 0 Å². The number of amidine groups is 1. The van der Waals surface area contributed by atoms with Crippen LogP contribution in [0.4, 0.5) is 0 Å². The van der Waals surface area contributed by atoms with Gasteiger partial charge in [-0.3, -0.25) is 0 Å². The summed E-state index contributed by atoms with van der Waals surface area (Å²) in [5.41, 5.74) is 5.46. The number of hydrogen-bond donors (Lipinski definition) is 3. The molecule has 1 fully saturated rings. The summed E-state index contributed by atoms with van der Waals surface area (Å²) in [4.78, 5) is 0. The fraction of sp³-hybridized carbons (Fsp3) is 0.900. The van der Waals surface area contributed by atoms with E-state index in [4.69, 9.17) is 15.7 Å². The minimum Gasteiger partial charge on any atom is -0.409 e. The SMILES string of the molecule is CC(CNCC1CCCCO1)C(N)=NO. The first kappa shape index (κ1) is 12.3. The van der Waals surface area contributed by atoms with Crippen molar-refractivity contribution >= 4 is 5.84 Å². The number of hydrogen-bond acceptors (Lipinski definition) is 4. The summed E-state index contributed by atoms with van der Waals surface area (Å²) in [5, 5.41) is 14.7. The van der Waals surface area contributed by atoms with Gasteiger partial charge in [0, 0.05) is 25.6 Å². The number of ether oxygens (including phenoxy) is 1. The lowest BCUT2D eigenvalue weighted by molar-refractivity contribution is 0.0168. The van der Waals surface area contributed by atoms with Gasteiger partial charge in [-0.1, -0.05) is 12.1 Å². The van der Waals surface area contributed by atoms with Crippen molar-refractivity contribution in [3.63, 3.8) is 0 Å². The molecule has 5 nitrogen and oxygen atoms in total. The van der Waals surface area contributed by atoms with Gasteiger partial charge < -0.3 is 21.0 Å². The molecule has 1 heterocycles. The summed E-state index contributed by atoms with van der Waals surface area (Å²) in [6, 6.07) is 0. The van der Waals surface area contributed by atoms with Crippen molar-refractivity contribution in [2.45, 2.75) is 32.3 Å². The Morgan fingerprint density at radius 3 is 3.07 bits per heavy atom. The van der Waals surface area contributed by atoms with Crippen LogP contribution in [0.1, 0.15) is 26.2 Å².